The molecule has 1 saturated carbocycles. The first-order valence-corrected chi connectivity index (χ1v) is 8.79. The molecule has 0 radical (unpaired) electrons. The Morgan fingerprint density at radius 3 is 2.43 bits per heavy atom. The van der Waals surface area contributed by atoms with E-state index in [1.807, 2.05) is 24.3 Å². The lowest BCUT2D eigenvalue weighted by molar-refractivity contribution is -0.137. The zero-order valence-electron chi connectivity index (χ0n) is 14.7. The highest BCUT2D eigenvalue weighted by molar-refractivity contribution is 5.95. The van der Waals surface area contributed by atoms with Crippen molar-refractivity contribution in [3.05, 3.63) is 77.9 Å². The number of halogens is 3. The fraction of sp³-hybridized carbons (Fsp3) is 0.250. The number of nitrogens with one attached hydrogen (secondary N) is 1. The van der Waals surface area contributed by atoms with Crippen LogP contribution in [0.4, 0.5) is 18.9 Å². The quantitative estimate of drug-likeness (QED) is 0.719. The van der Waals surface area contributed by atoms with Crippen LogP contribution in [0.3, 0.4) is 0 Å². The summed E-state index contributed by atoms with van der Waals surface area (Å²) in [5.41, 5.74) is 1.79. The van der Waals surface area contributed by atoms with E-state index in [0.717, 1.165) is 23.3 Å². The second-order valence-corrected chi connectivity index (χ2v) is 6.85. The lowest BCUT2D eigenvalue weighted by atomic mass is 10.1. The number of nitrogens with zero attached hydrogens (tertiary/aromatic N) is 3. The normalized spacial score (nSPS) is 18.7. The molecule has 1 aromatic heterocycles. The maximum Gasteiger partial charge on any atom is 0.416 e. The van der Waals surface area contributed by atoms with E-state index in [0.29, 0.717) is 18.7 Å². The Morgan fingerprint density at radius 2 is 1.82 bits per heavy atom. The molecule has 1 aliphatic carbocycles. The van der Waals surface area contributed by atoms with Crippen LogP contribution in [-0.4, -0.2) is 20.7 Å². The molecule has 8 heteroatoms. The molecule has 144 valence electrons. The minimum absolute atomic E-state index is 0.0335. The highest BCUT2D eigenvalue weighted by Crippen LogP contribution is 2.48. The Balaban J connectivity index is 1.33. The smallest absolute Gasteiger partial charge is 0.326 e. The predicted molar refractivity (Wildman–Crippen MR) is 96.5 cm³/mol. The van der Waals surface area contributed by atoms with Gasteiger partial charge in [-0.25, -0.2) is 9.67 Å². The van der Waals surface area contributed by atoms with Crippen LogP contribution in [0.1, 0.15) is 29.0 Å². The Kier molecular flexibility index (Phi) is 4.62. The van der Waals surface area contributed by atoms with Crippen molar-refractivity contribution in [1.29, 1.82) is 0 Å². The van der Waals surface area contributed by atoms with Crippen molar-refractivity contribution in [2.45, 2.75) is 25.1 Å². The van der Waals surface area contributed by atoms with E-state index >= 15 is 0 Å². The molecule has 0 saturated heterocycles. The molecule has 2 unspecified atom stereocenters. The zero-order valence-corrected chi connectivity index (χ0v) is 14.7. The van der Waals surface area contributed by atoms with Crippen LogP contribution in [-0.2, 0) is 17.5 Å². The molecule has 4 rings (SSSR count). The van der Waals surface area contributed by atoms with Crippen molar-refractivity contribution in [2.75, 3.05) is 5.32 Å². The predicted octanol–water partition coefficient (Wildman–Crippen LogP) is 4.09. The second kappa shape index (κ2) is 7.10. The molecule has 0 bridgehead atoms. The molecule has 0 spiro atoms. The zero-order chi connectivity index (χ0) is 19.7. The standard InChI is InChI=1S/C20H17F3N4O/c21-20(22,23)15-5-3-14(4-6-15)17-9-18(17)19(28)26-16-7-1-13(2-8-16)10-27-12-24-11-25-27/h1-8,11-12,17-18H,9-10H2,(H,26,28). The third-order valence-corrected chi connectivity index (χ3v) is 4.83. The van der Waals surface area contributed by atoms with Gasteiger partial charge in [-0.2, -0.15) is 18.3 Å². The molecule has 0 aliphatic heterocycles. The van der Waals surface area contributed by atoms with Gasteiger partial charge in [0.1, 0.15) is 12.7 Å². The Morgan fingerprint density at radius 1 is 1.11 bits per heavy atom. The van der Waals surface area contributed by atoms with Crippen LogP contribution >= 0.6 is 0 Å². The second-order valence-electron chi connectivity index (χ2n) is 6.85. The molecule has 5 nitrogen and oxygen atoms in total. The average Bonchev–Trinajstić information content (AvgIpc) is 3.32. The van der Waals surface area contributed by atoms with E-state index < -0.39 is 11.7 Å². The summed E-state index contributed by atoms with van der Waals surface area (Å²) in [6.07, 6.45) is -0.609. The van der Waals surface area contributed by atoms with Gasteiger partial charge in [-0.15, -0.1) is 0 Å². The van der Waals surface area contributed by atoms with Gasteiger partial charge in [0.25, 0.3) is 0 Å². The fourth-order valence-electron chi connectivity index (χ4n) is 3.20. The van der Waals surface area contributed by atoms with Gasteiger partial charge in [-0.3, -0.25) is 4.79 Å². The number of hydrogen-bond donors (Lipinski definition) is 1. The summed E-state index contributed by atoms with van der Waals surface area (Å²) in [6, 6.07) is 12.5. The molecule has 2 atom stereocenters. The first-order valence-electron chi connectivity index (χ1n) is 8.79. The van der Waals surface area contributed by atoms with Crippen molar-refractivity contribution in [3.63, 3.8) is 0 Å². The summed E-state index contributed by atoms with van der Waals surface area (Å²) in [6.45, 7) is 0.590. The van der Waals surface area contributed by atoms with Crippen LogP contribution in [0.15, 0.2) is 61.2 Å². The van der Waals surface area contributed by atoms with Crippen LogP contribution in [0.2, 0.25) is 0 Å². The lowest BCUT2D eigenvalue weighted by Crippen LogP contribution is -2.14. The SMILES string of the molecule is O=C(Nc1ccc(Cn2cncn2)cc1)C1CC1c1ccc(C(F)(F)F)cc1. The largest absolute Gasteiger partial charge is 0.416 e. The molecule has 1 N–H and O–H groups in total. The summed E-state index contributed by atoms with van der Waals surface area (Å²) in [5, 5.41) is 6.91. The molecular weight excluding hydrogens is 369 g/mol. The third kappa shape index (κ3) is 4.05. The first kappa shape index (κ1) is 18.2. The number of hydrogen-bond acceptors (Lipinski definition) is 3. The highest BCUT2D eigenvalue weighted by Gasteiger charge is 2.44. The first-order chi connectivity index (χ1) is 13.4. The van der Waals surface area contributed by atoms with Crippen LogP contribution in [0.25, 0.3) is 0 Å². The van der Waals surface area contributed by atoms with Crippen molar-refractivity contribution < 1.29 is 18.0 Å². The van der Waals surface area contributed by atoms with Gasteiger partial charge in [0, 0.05) is 11.6 Å². The van der Waals surface area contributed by atoms with Crippen molar-refractivity contribution >= 4 is 11.6 Å². The molecule has 1 fully saturated rings. The molecule has 1 aliphatic rings. The van der Waals surface area contributed by atoms with Crippen molar-refractivity contribution in [1.82, 2.24) is 14.8 Å². The molecule has 28 heavy (non-hydrogen) atoms. The highest BCUT2D eigenvalue weighted by atomic mass is 19.4. The molecule has 1 heterocycles. The number of carbonyl (C=O) groups is 1. The number of carbonyl (C=O) groups excluding carboxylic acids is 1. The van der Waals surface area contributed by atoms with Crippen LogP contribution in [0.5, 0.6) is 0 Å². The van der Waals surface area contributed by atoms with Crippen LogP contribution in [0, 0.1) is 5.92 Å². The molecule has 2 aromatic carbocycles. The van der Waals surface area contributed by atoms with E-state index in [9.17, 15) is 18.0 Å². The average molecular weight is 386 g/mol. The lowest BCUT2D eigenvalue weighted by Gasteiger charge is -2.08. The fourth-order valence-corrected chi connectivity index (χ4v) is 3.20. The summed E-state index contributed by atoms with van der Waals surface area (Å²) in [4.78, 5) is 16.3. The van der Waals surface area contributed by atoms with Crippen molar-refractivity contribution in [2.24, 2.45) is 5.92 Å². The van der Waals surface area contributed by atoms with E-state index in [2.05, 4.69) is 15.4 Å². The van der Waals surface area contributed by atoms with E-state index in [1.54, 1.807) is 11.0 Å². The molecular formula is C20H17F3N4O. The van der Waals surface area contributed by atoms with Crippen LogP contribution < -0.4 is 5.32 Å². The summed E-state index contributed by atoms with van der Waals surface area (Å²) in [7, 11) is 0. The summed E-state index contributed by atoms with van der Waals surface area (Å²) in [5.74, 6) is -0.366. The number of benzene rings is 2. The number of rotatable bonds is 5. The number of anilines is 1. The van der Waals surface area contributed by atoms with Gasteiger partial charge < -0.3 is 5.32 Å². The van der Waals surface area contributed by atoms with E-state index in [4.69, 9.17) is 0 Å². The number of aromatic nitrogens is 3. The maximum absolute atomic E-state index is 12.6. The van der Waals surface area contributed by atoms with E-state index in [-0.39, 0.29) is 17.7 Å². The van der Waals surface area contributed by atoms with Gasteiger partial charge in [0.2, 0.25) is 5.91 Å². The topological polar surface area (TPSA) is 59.8 Å². The van der Waals surface area contributed by atoms with Gasteiger partial charge >= 0.3 is 6.18 Å². The Hall–Kier alpha value is -3.16. The Bertz CT molecular complexity index is 951. The summed E-state index contributed by atoms with van der Waals surface area (Å²) < 4.78 is 39.6. The number of alkyl halides is 3. The summed E-state index contributed by atoms with van der Waals surface area (Å²) >= 11 is 0. The van der Waals surface area contributed by atoms with Gasteiger partial charge in [0.05, 0.1) is 12.1 Å². The van der Waals surface area contributed by atoms with Gasteiger partial charge in [-0.05, 0) is 47.7 Å². The van der Waals surface area contributed by atoms with E-state index in [1.165, 1.54) is 18.5 Å². The minimum Gasteiger partial charge on any atom is -0.326 e. The Labute approximate surface area is 159 Å². The monoisotopic (exact) mass is 386 g/mol. The maximum atomic E-state index is 12.6. The van der Waals surface area contributed by atoms with Gasteiger partial charge in [-0.1, -0.05) is 24.3 Å². The molecule has 1 amide bonds. The van der Waals surface area contributed by atoms with Gasteiger partial charge in [0.15, 0.2) is 0 Å². The number of amides is 1. The minimum atomic E-state index is -4.35. The molecule has 3 aromatic rings. The third-order valence-electron chi connectivity index (χ3n) is 4.83. The van der Waals surface area contributed by atoms with Crippen molar-refractivity contribution in [3.8, 4) is 0 Å².